The highest BCUT2D eigenvalue weighted by atomic mass is 16.3. The predicted molar refractivity (Wildman–Crippen MR) is 45.7 cm³/mol. The zero-order valence-electron chi connectivity index (χ0n) is 6.98. The second-order valence-corrected chi connectivity index (χ2v) is 2.97. The maximum atomic E-state index is 9.45. The first-order valence-electron chi connectivity index (χ1n) is 4.06. The van der Waals surface area contributed by atoms with Crippen molar-refractivity contribution in [3.63, 3.8) is 0 Å². The van der Waals surface area contributed by atoms with Crippen molar-refractivity contribution in [2.24, 2.45) is 10.2 Å². The van der Waals surface area contributed by atoms with Gasteiger partial charge in [-0.3, -0.25) is 0 Å². The van der Waals surface area contributed by atoms with E-state index in [2.05, 4.69) is 20.1 Å². The number of aliphatic hydroxyl groups excluding tert-OH is 1. The third-order valence-electron chi connectivity index (χ3n) is 2.17. The van der Waals surface area contributed by atoms with Crippen LogP contribution in [0.3, 0.4) is 0 Å². The lowest BCUT2D eigenvalue weighted by Gasteiger charge is -2.28. The van der Waals surface area contributed by atoms with E-state index in [1.54, 1.807) is 0 Å². The first-order chi connectivity index (χ1) is 6.29. The van der Waals surface area contributed by atoms with Crippen molar-refractivity contribution in [2.75, 3.05) is 0 Å². The molecule has 1 N–H and O–H groups in total. The number of rotatable bonds is 2. The Bertz CT molecular complexity index is 266. The molecule has 3 atom stereocenters. The Hall–Kier alpha value is -1.42. The number of azide groups is 2. The predicted octanol–water partition coefficient (Wildman–Crippen LogP) is 1.89. The summed E-state index contributed by atoms with van der Waals surface area (Å²) in [5.41, 5.74) is 16.5. The lowest BCUT2D eigenvalue weighted by atomic mass is 9.89. The van der Waals surface area contributed by atoms with Crippen LogP contribution in [0.25, 0.3) is 20.9 Å². The summed E-state index contributed by atoms with van der Waals surface area (Å²) in [6.45, 7) is 0. The Morgan fingerprint density at radius 1 is 1.15 bits per heavy atom. The molecule has 0 bridgehead atoms. The summed E-state index contributed by atoms with van der Waals surface area (Å²) in [4.78, 5) is 5.28. The topological polar surface area (TPSA) is 118 Å². The van der Waals surface area contributed by atoms with E-state index in [1.165, 1.54) is 0 Å². The van der Waals surface area contributed by atoms with Gasteiger partial charge in [0.05, 0.1) is 12.1 Å². The van der Waals surface area contributed by atoms with Crippen molar-refractivity contribution in [3.05, 3.63) is 20.9 Å². The van der Waals surface area contributed by atoms with Crippen molar-refractivity contribution in [3.8, 4) is 0 Å². The highest BCUT2D eigenvalue weighted by Gasteiger charge is 2.30. The van der Waals surface area contributed by atoms with Crippen LogP contribution >= 0.6 is 0 Å². The molecule has 0 amide bonds. The van der Waals surface area contributed by atoms with Gasteiger partial charge in [-0.15, -0.1) is 0 Å². The maximum Gasteiger partial charge on any atom is 0.0717 e. The number of aliphatic hydroxyl groups is 1. The third-order valence-corrected chi connectivity index (χ3v) is 2.17. The van der Waals surface area contributed by atoms with E-state index >= 15 is 0 Å². The number of hydrogen-bond acceptors (Lipinski definition) is 3. The Morgan fingerprint density at radius 3 is 2.46 bits per heavy atom. The Balaban J connectivity index is 2.78. The molecule has 7 nitrogen and oxygen atoms in total. The van der Waals surface area contributed by atoms with Gasteiger partial charge in [0.1, 0.15) is 0 Å². The molecule has 0 radical (unpaired) electrons. The molecule has 0 heterocycles. The van der Waals surface area contributed by atoms with Gasteiger partial charge in [-0.05, 0) is 23.9 Å². The van der Waals surface area contributed by atoms with E-state index in [1.807, 2.05) is 0 Å². The summed E-state index contributed by atoms with van der Waals surface area (Å²) in [5.74, 6) is 0. The molecular weight excluding hydrogens is 172 g/mol. The van der Waals surface area contributed by atoms with E-state index in [0.29, 0.717) is 12.8 Å². The fourth-order valence-electron chi connectivity index (χ4n) is 1.54. The van der Waals surface area contributed by atoms with E-state index < -0.39 is 18.2 Å². The van der Waals surface area contributed by atoms with Gasteiger partial charge in [0.25, 0.3) is 0 Å². The standard InChI is InChI=1S/C6H10N6O/c7-11-9-4-2-1-3-5(13)6(4)10-12-8/h4-6,13H,1-3H2/t4?,5-,6?/m0/s1. The van der Waals surface area contributed by atoms with Crippen molar-refractivity contribution in [1.29, 1.82) is 0 Å². The van der Waals surface area contributed by atoms with E-state index in [0.717, 1.165) is 6.42 Å². The van der Waals surface area contributed by atoms with Crippen LogP contribution in [-0.4, -0.2) is 23.3 Å². The molecule has 1 rings (SSSR count). The lowest BCUT2D eigenvalue weighted by molar-refractivity contribution is 0.0978. The van der Waals surface area contributed by atoms with Crippen LogP contribution in [0.15, 0.2) is 10.2 Å². The summed E-state index contributed by atoms with van der Waals surface area (Å²) in [5, 5.41) is 16.4. The number of hydrogen-bond donors (Lipinski definition) is 1. The summed E-state index contributed by atoms with van der Waals surface area (Å²) >= 11 is 0. The van der Waals surface area contributed by atoms with Crippen LogP contribution < -0.4 is 0 Å². The average molecular weight is 182 g/mol. The van der Waals surface area contributed by atoms with Gasteiger partial charge in [-0.1, -0.05) is 16.6 Å². The van der Waals surface area contributed by atoms with Gasteiger partial charge in [-0.2, -0.15) is 0 Å². The molecule has 7 heteroatoms. The Labute approximate surface area is 74.6 Å². The lowest BCUT2D eigenvalue weighted by Crippen LogP contribution is -2.38. The van der Waals surface area contributed by atoms with Crippen molar-refractivity contribution in [1.82, 2.24) is 0 Å². The molecule has 1 aliphatic rings. The summed E-state index contributed by atoms with van der Waals surface area (Å²) in [7, 11) is 0. The molecule has 0 aromatic heterocycles. The largest absolute Gasteiger partial charge is 0.393 e. The highest BCUT2D eigenvalue weighted by molar-refractivity contribution is 4.92. The van der Waals surface area contributed by atoms with Crippen LogP contribution in [0, 0.1) is 0 Å². The molecule has 0 aromatic carbocycles. The molecule has 1 aliphatic carbocycles. The fourth-order valence-corrected chi connectivity index (χ4v) is 1.54. The SMILES string of the molecule is [N-]=[N+]=NC1CCC[C@H](O)C1N=[N+]=[N-]. The molecule has 0 aliphatic heterocycles. The monoisotopic (exact) mass is 182 g/mol. The molecule has 70 valence electrons. The first kappa shape index (κ1) is 9.67. The first-order valence-corrected chi connectivity index (χ1v) is 4.06. The number of nitrogens with zero attached hydrogens (tertiary/aromatic N) is 6. The fraction of sp³-hybridized carbons (Fsp3) is 1.00. The molecule has 0 saturated heterocycles. The minimum Gasteiger partial charge on any atom is -0.393 e. The third kappa shape index (κ3) is 2.26. The summed E-state index contributed by atoms with van der Waals surface area (Å²) in [6.07, 6.45) is 1.38. The van der Waals surface area contributed by atoms with Crippen LogP contribution in [-0.2, 0) is 0 Å². The van der Waals surface area contributed by atoms with Gasteiger partial charge in [-0.25, -0.2) is 0 Å². The van der Waals surface area contributed by atoms with E-state index in [4.69, 9.17) is 11.1 Å². The zero-order chi connectivity index (χ0) is 9.68. The quantitative estimate of drug-likeness (QED) is 0.391. The van der Waals surface area contributed by atoms with Crippen LogP contribution in [0.1, 0.15) is 19.3 Å². The Morgan fingerprint density at radius 2 is 1.85 bits per heavy atom. The van der Waals surface area contributed by atoms with Gasteiger partial charge in [0.2, 0.25) is 0 Å². The molecule has 1 saturated carbocycles. The van der Waals surface area contributed by atoms with Gasteiger partial charge in [0, 0.05) is 15.9 Å². The van der Waals surface area contributed by atoms with Crippen LogP contribution in [0.4, 0.5) is 0 Å². The van der Waals surface area contributed by atoms with E-state index in [9.17, 15) is 5.11 Å². The van der Waals surface area contributed by atoms with Crippen molar-refractivity contribution >= 4 is 0 Å². The van der Waals surface area contributed by atoms with E-state index in [-0.39, 0.29) is 0 Å². The summed E-state index contributed by atoms with van der Waals surface area (Å²) < 4.78 is 0. The Kier molecular flexibility index (Phi) is 3.40. The molecular formula is C6H10N6O. The maximum absolute atomic E-state index is 9.45. The van der Waals surface area contributed by atoms with Crippen LogP contribution in [0.5, 0.6) is 0 Å². The molecule has 2 unspecified atom stereocenters. The van der Waals surface area contributed by atoms with Gasteiger partial charge >= 0.3 is 0 Å². The minimum atomic E-state index is -0.680. The molecule has 0 aromatic rings. The van der Waals surface area contributed by atoms with Crippen molar-refractivity contribution < 1.29 is 5.11 Å². The average Bonchev–Trinajstić information content (AvgIpc) is 2.11. The normalized spacial score (nSPS) is 32.8. The second kappa shape index (κ2) is 4.57. The molecule has 13 heavy (non-hydrogen) atoms. The minimum absolute atomic E-state index is 0.398. The van der Waals surface area contributed by atoms with Crippen LogP contribution in [0.2, 0.25) is 0 Å². The van der Waals surface area contributed by atoms with Crippen molar-refractivity contribution in [2.45, 2.75) is 37.5 Å². The van der Waals surface area contributed by atoms with Gasteiger partial charge < -0.3 is 5.11 Å². The smallest absolute Gasteiger partial charge is 0.0717 e. The summed E-state index contributed by atoms with van der Waals surface area (Å²) in [6, 6.07) is -1.00. The second-order valence-electron chi connectivity index (χ2n) is 2.97. The molecule has 1 fully saturated rings. The molecule has 0 spiro atoms. The van der Waals surface area contributed by atoms with Gasteiger partial charge in [0.15, 0.2) is 0 Å². The zero-order valence-corrected chi connectivity index (χ0v) is 6.98. The highest BCUT2D eigenvalue weighted by Crippen LogP contribution is 2.24.